The van der Waals surface area contributed by atoms with Gasteiger partial charge in [0, 0.05) is 18.7 Å². The number of aromatic nitrogens is 1. The second-order valence-electron chi connectivity index (χ2n) is 4.78. The number of benzene rings is 1. The molecule has 106 valence electrons. The fraction of sp³-hybridized carbons (Fsp3) is 0.312. The average molecular weight is 272 g/mol. The number of rotatable bonds is 4. The van der Waals surface area contributed by atoms with Crippen LogP contribution in [0.5, 0.6) is 5.75 Å². The molecular formula is C16H20N2O2. The Kier molecular flexibility index (Phi) is 4.25. The van der Waals surface area contributed by atoms with Crippen LogP contribution in [0.1, 0.15) is 25.5 Å². The molecule has 0 bridgehead atoms. The molecule has 20 heavy (non-hydrogen) atoms. The van der Waals surface area contributed by atoms with Crippen molar-refractivity contribution in [1.82, 2.24) is 4.57 Å². The summed E-state index contributed by atoms with van der Waals surface area (Å²) in [6, 6.07) is 11.2. The molecule has 0 saturated carbocycles. The van der Waals surface area contributed by atoms with Crippen molar-refractivity contribution >= 4 is 0 Å². The van der Waals surface area contributed by atoms with Crippen LogP contribution in [0.15, 0.2) is 41.2 Å². The summed E-state index contributed by atoms with van der Waals surface area (Å²) in [5, 5.41) is 0. The zero-order valence-electron chi connectivity index (χ0n) is 12.1. The van der Waals surface area contributed by atoms with E-state index in [2.05, 4.69) is 0 Å². The van der Waals surface area contributed by atoms with Gasteiger partial charge in [-0.25, -0.2) is 0 Å². The van der Waals surface area contributed by atoms with Gasteiger partial charge in [-0.2, -0.15) is 0 Å². The molecule has 0 spiro atoms. The van der Waals surface area contributed by atoms with Crippen molar-refractivity contribution < 1.29 is 4.74 Å². The first-order valence-corrected chi connectivity index (χ1v) is 6.73. The van der Waals surface area contributed by atoms with Crippen molar-refractivity contribution in [3.8, 4) is 17.0 Å². The van der Waals surface area contributed by atoms with E-state index in [4.69, 9.17) is 10.5 Å². The van der Waals surface area contributed by atoms with Crippen LogP contribution in [0.2, 0.25) is 0 Å². The minimum absolute atomic E-state index is 0.0496. The van der Waals surface area contributed by atoms with Crippen LogP contribution in [0.3, 0.4) is 0 Å². The van der Waals surface area contributed by atoms with Crippen LogP contribution in [-0.2, 0) is 7.05 Å². The summed E-state index contributed by atoms with van der Waals surface area (Å²) in [7, 11) is 1.76. The summed E-state index contributed by atoms with van der Waals surface area (Å²) in [4.78, 5) is 12.2. The first-order chi connectivity index (χ1) is 9.54. The summed E-state index contributed by atoms with van der Waals surface area (Å²) in [5.41, 5.74) is 8.21. The van der Waals surface area contributed by atoms with Gasteiger partial charge in [0.05, 0.1) is 12.3 Å². The van der Waals surface area contributed by atoms with E-state index in [0.717, 1.165) is 17.0 Å². The van der Waals surface area contributed by atoms with Crippen molar-refractivity contribution in [3.05, 3.63) is 52.3 Å². The number of hydrogen-bond donors (Lipinski definition) is 1. The average Bonchev–Trinajstić information content (AvgIpc) is 2.43. The minimum Gasteiger partial charge on any atom is -0.494 e. The topological polar surface area (TPSA) is 57.2 Å². The van der Waals surface area contributed by atoms with Crippen LogP contribution in [0.25, 0.3) is 11.3 Å². The third-order valence-electron chi connectivity index (χ3n) is 3.29. The lowest BCUT2D eigenvalue weighted by molar-refractivity contribution is 0.340. The zero-order valence-corrected chi connectivity index (χ0v) is 12.1. The van der Waals surface area contributed by atoms with Crippen molar-refractivity contribution in [2.45, 2.75) is 19.9 Å². The van der Waals surface area contributed by atoms with Crippen LogP contribution < -0.4 is 16.0 Å². The molecule has 0 radical (unpaired) electrons. The second-order valence-corrected chi connectivity index (χ2v) is 4.78. The Balaban J connectivity index is 2.43. The first-order valence-electron chi connectivity index (χ1n) is 6.73. The fourth-order valence-electron chi connectivity index (χ4n) is 2.18. The van der Waals surface area contributed by atoms with Gasteiger partial charge in [0.25, 0.3) is 5.56 Å². The molecule has 1 aromatic carbocycles. The van der Waals surface area contributed by atoms with Crippen LogP contribution in [-0.4, -0.2) is 11.2 Å². The van der Waals surface area contributed by atoms with Gasteiger partial charge in [0.1, 0.15) is 5.75 Å². The molecule has 4 heteroatoms. The molecule has 0 aliphatic carbocycles. The predicted molar refractivity (Wildman–Crippen MR) is 80.9 cm³/mol. The Bertz CT molecular complexity index is 643. The molecule has 0 fully saturated rings. The number of nitrogens with two attached hydrogens (primary N) is 1. The van der Waals surface area contributed by atoms with E-state index >= 15 is 0 Å². The number of ether oxygens (including phenoxy) is 1. The maximum absolute atomic E-state index is 12.2. The van der Waals surface area contributed by atoms with E-state index in [1.807, 2.05) is 44.2 Å². The standard InChI is InChI=1S/C16H20N2O2/c1-4-20-13-7-5-12(6-8-13)15-10-9-14(11(2)17)16(19)18(15)3/h5-11H,4,17H2,1-3H3. The van der Waals surface area contributed by atoms with Gasteiger partial charge in [-0.05, 0) is 55.8 Å². The lowest BCUT2D eigenvalue weighted by Gasteiger charge is -2.13. The first kappa shape index (κ1) is 14.3. The normalized spacial score (nSPS) is 12.2. The van der Waals surface area contributed by atoms with Gasteiger partial charge >= 0.3 is 0 Å². The highest BCUT2D eigenvalue weighted by Gasteiger charge is 2.10. The van der Waals surface area contributed by atoms with Crippen molar-refractivity contribution in [1.29, 1.82) is 0 Å². The van der Waals surface area contributed by atoms with Crippen LogP contribution in [0, 0.1) is 0 Å². The lowest BCUT2D eigenvalue weighted by Crippen LogP contribution is -2.26. The molecule has 4 nitrogen and oxygen atoms in total. The molecule has 0 saturated heterocycles. The predicted octanol–water partition coefficient (Wildman–Crippen LogP) is 2.47. The van der Waals surface area contributed by atoms with Crippen molar-refractivity contribution in [2.75, 3.05) is 6.61 Å². The molecule has 2 aromatic rings. The largest absolute Gasteiger partial charge is 0.494 e. The van der Waals surface area contributed by atoms with Gasteiger partial charge in [-0.1, -0.05) is 0 Å². The monoisotopic (exact) mass is 272 g/mol. The highest BCUT2D eigenvalue weighted by atomic mass is 16.5. The molecular weight excluding hydrogens is 252 g/mol. The molecule has 1 aromatic heterocycles. The van der Waals surface area contributed by atoms with Gasteiger partial charge in [0.15, 0.2) is 0 Å². The summed E-state index contributed by atoms with van der Waals surface area (Å²) < 4.78 is 7.05. The second kappa shape index (κ2) is 5.92. The molecule has 1 atom stereocenters. The minimum atomic E-state index is -0.261. The van der Waals surface area contributed by atoms with E-state index in [1.165, 1.54) is 0 Å². The zero-order chi connectivity index (χ0) is 14.7. The third-order valence-corrected chi connectivity index (χ3v) is 3.29. The Hall–Kier alpha value is -2.07. The van der Waals surface area contributed by atoms with E-state index in [9.17, 15) is 4.79 Å². The third kappa shape index (κ3) is 2.75. The number of pyridine rings is 1. The lowest BCUT2D eigenvalue weighted by atomic mass is 10.1. The van der Waals surface area contributed by atoms with Gasteiger partial charge < -0.3 is 15.0 Å². The summed E-state index contributed by atoms with van der Waals surface area (Å²) in [6.45, 7) is 4.40. The van der Waals surface area contributed by atoms with E-state index in [1.54, 1.807) is 17.7 Å². The van der Waals surface area contributed by atoms with E-state index in [0.29, 0.717) is 12.2 Å². The maximum Gasteiger partial charge on any atom is 0.255 e. The highest BCUT2D eigenvalue weighted by molar-refractivity contribution is 5.61. The molecule has 0 amide bonds. The van der Waals surface area contributed by atoms with Crippen molar-refractivity contribution in [3.63, 3.8) is 0 Å². The summed E-state index contributed by atoms with van der Waals surface area (Å²) >= 11 is 0. The molecule has 0 aliphatic rings. The maximum atomic E-state index is 12.2. The molecule has 1 unspecified atom stereocenters. The summed E-state index contributed by atoms with van der Waals surface area (Å²) in [6.07, 6.45) is 0. The van der Waals surface area contributed by atoms with Crippen LogP contribution >= 0.6 is 0 Å². The SMILES string of the molecule is CCOc1ccc(-c2ccc(C(C)N)c(=O)n2C)cc1. The Morgan fingerprint density at radius 2 is 1.85 bits per heavy atom. The number of nitrogens with zero attached hydrogens (tertiary/aromatic N) is 1. The van der Waals surface area contributed by atoms with E-state index < -0.39 is 0 Å². The fourth-order valence-corrected chi connectivity index (χ4v) is 2.18. The Labute approximate surface area is 118 Å². The smallest absolute Gasteiger partial charge is 0.255 e. The van der Waals surface area contributed by atoms with Gasteiger partial charge in [-0.3, -0.25) is 4.79 Å². The molecule has 2 rings (SSSR count). The number of hydrogen-bond acceptors (Lipinski definition) is 3. The molecule has 0 aliphatic heterocycles. The molecule has 2 N–H and O–H groups in total. The summed E-state index contributed by atoms with van der Waals surface area (Å²) in [5.74, 6) is 0.827. The highest BCUT2D eigenvalue weighted by Crippen LogP contribution is 2.22. The van der Waals surface area contributed by atoms with E-state index in [-0.39, 0.29) is 11.6 Å². The Morgan fingerprint density at radius 1 is 1.20 bits per heavy atom. The van der Waals surface area contributed by atoms with Crippen LogP contribution in [0.4, 0.5) is 0 Å². The van der Waals surface area contributed by atoms with Gasteiger partial charge in [0.2, 0.25) is 0 Å². The van der Waals surface area contributed by atoms with Gasteiger partial charge in [-0.15, -0.1) is 0 Å². The Morgan fingerprint density at radius 3 is 2.40 bits per heavy atom. The van der Waals surface area contributed by atoms with Crippen molar-refractivity contribution in [2.24, 2.45) is 12.8 Å². The quantitative estimate of drug-likeness (QED) is 0.930. The molecule has 1 heterocycles.